The second kappa shape index (κ2) is 12.3. The van der Waals surface area contributed by atoms with Crippen LogP contribution in [0.1, 0.15) is 29.2 Å². The summed E-state index contributed by atoms with van der Waals surface area (Å²) in [5, 5.41) is 12.8. The molecule has 4 rings (SSSR count). The van der Waals surface area contributed by atoms with Crippen LogP contribution in [-0.4, -0.2) is 54.8 Å². The minimum Gasteiger partial charge on any atom is -0.497 e. The van der Waals surface area contributed by atoms with Gasteiger partial charge < -0.3 is 24.8 Å². The molecule has 1 atom stereocenters. The molecule has 9 heteroatoms. The van der Waals surface area contributed by atoms with E-state index in [4.69, 9.17) is 9.47 Å². The molecule has 2 amide bonds. The molecule has 1 aliphatic rings. The van der Waals surface area contributed by atoms with Gasteiger partial charge in [0.05, 0.1) is 18.5 Å². The standard InChI is InChI=1S/C30H34N4O5/c1-5-34(30(36)37)27-16-15-25-24(20(27)2)19-39-29(31-25)32-26(17-21-11-13-23(38-4)14-12-21)28(35)33(3)18-22-9-7-6-8-10-22/h6-16,26H,5,17-19H2,1-4H3,(H,31,32)(H,36,37)/t26-/m0/s1. The lowest BCUT2D eigenvalue weighted by Gasteiger charge is -2.28. The first-order valence-electron chi connectivity index (χ1n) is 12.8. The summed E-state index contributed by atoms with van der Waals surface area (Å²) in [6, 6.07) is 20.6. The van der Waals surface area contributed by atoms with Crippen LogP contribution >= 0.6 is 0 Å². The Bertz CT molecular complexity index is 1340. The summed E-state index contributed by atoms with van der Waals surface area (Å²) in [5.41, 5.74) is 4.89. The van der Waals surface area contributed by atoms with E-state index in [-0.39, 0.29) is 18.5 Å². The number of carboxylic acid groups (broad SMARTS) is 1. The van der Waals surface area contributed by atoms with E-state index >= 15 is 0 Å². The summed E-state index contributed by atoms with van der Waals surface area (Å²) in [5.74, 6) is 0.644. The summed E-state index contributed by atoms with van der Waals surface area (Å²) in [6.07, 6.45) is -0.596. The molecule has 0 fully saturated rings. The van der Waals surface area contributed by atoms with Crippen molar-refractivity contribution >= 4 is 29.4 Å². The van der Waals surface area contributed by atoms with Crippen LogP contribution in [0.15, 0.2) is 71.7 Å². The van der Waals surface area contributed by atoms with Crippen molar-refractivity contribution in [1.82, 2.24) is 10.2 Å². The van der Waals surface area contributed by atoms with Crippen LogP contribution in [-0.2, 0) is 29.1 Å². The topological polar surface area (TPSA) is 104 Å². The van der Waals surface area contributed by atoms with Crippen LogP contribution < -0.4 is 15.0 Å². The zero-order valence-electron chi connectivity index (χ0n) is 22.7. The number of nitrogens with one attached hydrogen (secondary N) is 1. The van der Waals surface area contributed by atoms with Gasteiger partial charge in [-0.1, -0.05) is 42.5 Å². The minimum atomic E-state index is -1.01. The number of benzene rings is 3. The van der Waals surface area contributed by atoms with Gasteiger partial charge in [-0.15, -0.1) is 0 Å². The van der Waals surface area contributed by atoms with Gasteiger partial charge >= 0.3 is 6.09 Å². The van der Waals surface area contributed by atoms with Crippen LogP contribution in [0.4, 0.5) is 16.2 Å². The molecule has 204 valence electrons. The molecular formula is C30H34N4O5. The Morgan fingerprint density at radius 1 is 1.08 bits per heavy atom. The molecule has 0 radical (unpaired) electrons. The Balaban J connectivity index is 1.58. The zero-order chi connectivity index (χ0) is 27.9. The van der Waals surface area contributed by atoms with Gasteiger partial charge in [0.1, 0.15) is 18.4 Å². The minimum absolute atomic E-state index is 0.0988. The fraction of sp³-hybridized carbons (Fsp3) is 0.300. The Morgan fingerprint density at radius 2 is 1.79 bits per heavy atom. The number of anilines is 1. The van der Waals surface area contributed by atoms with E-state index < -0.39 is 12.1 Å². The van der Waals surface area contributed by atoms with E-state index in [0.29, 0.717) is 30.9 Å². The monoisotopic (exact) mass is 530 g/mol. The molecule has 39 heavy (non-hydrogen) atoms. The highest BCUT2D eigenvalue weighted by Crippen LogP contribution is 2.34. The Labute approximate surface area is 228 Å². The number of fused-ring (bicyclic) bond motifs is 1. The maximum absolute atomic E-state index is 13.6. The Kier molecular flexibility index (Phi) is 8.70. The normalized spacial score (nSPS) is 12.9. The van der Waals surface area contributed by atoms with Crippen molar-refractivity contribution in [3.63, 3.8) is 0 Å². The quantitative estimate of drug-likeness (QED) is 0.409. The molecule has 3 aromatic carbocycles. The molecule has 0 aromatic heterocycles. The number of methoxy groups -OCH3 is 1. The lowest BCUT2D eigenvalue weighted by Crippen LogP contribution is -2.49. The number of carbonyl (C=O) groups excluding carboxylic acids is 1. The van der Waals surface area contributed by atoms with E-state index in [1.165, 1.54) is 4.90 Å². The molecule has 0 bridgehead atoms. The van der Waals surface area contributed by atoms with Crippen LogP contribution in [0.2, 0.25) is 0 Å². The van der Waals surface area contributed by atoms with Crippen molar-refractivity contribution in [2.45, 2.75) is 39.5 Å². The van der Waals surface area contributed by atoms with Gasteiger partial charge in [-0.3, -0.25) is 9.69 Å². The lowest BCUT2D eigenvalue weighted by molar-refractivity contribution is -0.132. The third kappa shape index (κ3) is 6.49. The molecule has 1 aliphatic heterocycles. The van der Waals surface area contributed by atoms with Crippen LogP contribution in [0.5, 0.6) is 5.75 Å². The summed E-state index contributed by atoms with van der Waals surface area (Å²) in [4.78, 5) is 32.9. The van der Waals surface area contributed by atoms with Gasteiger partial charge in [-0.25, -0.2) is 4.79 Å². The highest BCUT2D eigenvalue weighted by atomic mass is 16.5. The number of amides is 2. The number of amidine groups is 1. The first-order chi connectivity index (χ1) is 18.8. The van der Waals surface area contributed by atoms with Gasteiger partial charge in [0.2, 0.25) is 5.91 Å². The second-order valence-corrected chi connectivity index (χ2v) is 9.37. The zero-order valence-corrected chi connectivity index (χ0v) is 22.7. The third-order valence-electron chi connectivity index (χ3n) is 6.79. The molecule has 0 aliphatic carbocycles. The van der Waals surface area contributed by atoms with Crippen molar-refractivity contribution in [2.75, 3.05) is 25.6 Å². The molecule has 0 saturated carbocycles. The SMILES string of the molecule is CCN(C(=O)O)c1ccc2c(c1C)COC(N[C@@H](Cc1ccc(OC)cc1)C(=O)N(C)Cc1ccccc1)=N2. The maximum atomic E-state index is 13.6. The highest BCUT2D eigenvalue weighted by Gasteiger charge is 2.27. The average Bonchev–Trinajstić information content (AvgIpc) is 2.94. The molecule has 0 saturated heterocycles. The summed E-state index contributed by atoms with van der Waals surface area (Å²) in [6.45, 7) is 4.67. The number of likely N-dealkylation sites (N-methyl/N-ethyl adjacent to an activating group) is 1. The maximum Gasteiger partial charge on any atom is 0.411 e. The van der Waals surface area contributed by atoms with E-state index in [1.54, 1.807) is 38.1 Å². The van der Waals surface area contributed by atoms with Crippen molar-refractivity contribution in [3.05, 3.63) is 89.0 Å². The molecule has 1 heterocycles. The number of aliphatic imine (C=N–C) groups is 1. The fourth-order valence-electron chi connectivity index (χ4n) is 4.62. The smallest absolute Gasteiger partial charge is 0.411 e. The first kappa shape index (κ1) is 27.5. The van der Waals surface area contributed by atoms with E-state index in [9.17, 15) is 14.7 Å². The van der Waals surface area contributed by atoms with Gasteiger partial charge in [-0.05, 0) is 54.8 Å². The predicted octanol–water partition coefficient (Wildman–Crippen LogP) is 4.89. The van der Waals surface area contributed by atoms with Gasteiger partial charge in [0, 0.05) is 32.1 Å². The summed E-state index contributed by atoms with van der Waals surface area (Å²) in [7, 11) is 3.40. The number of nitrogens with zero attached hydrogens (tertiary/aromatic N) is 3. The largest absolute Gasteiger partial charge is 0.497 e. The Morgan fingerprint density at radius 3 is 2.44 bits per heavy atom. The molecule has 0 unspecified atom stereocenters. The van der Waals surface area contributed by atoms with Crippen LogP contribution in [0.25, 0.3) is 0 Å². The number of hydrogen-bond donors (Lipinski definition) is 2. The van der Waals surface area contributed by atoms with Gasteiger partial charge in [0.15, 0.2) is 0 Å². The molecule has 9 nitrogen and oxygen atoms in total. The number of carbonyl (C=O) groups is 2. The number of ether oxygens (including phenoxy) is 2. The van der Waals surface area contributed by atoms with Gasteiger partial charge in [0.25, 0.3) is 6.02 Å². The summed E-state index contributed by atoms with van der Waals surface area (Å²) < 4.78 is 11.2. The fourth-order valence-corrected chi connectivity index (χ4v) is 4.62. The Hall–Kier alpha value is -4.53. The van der Waals surface area contributed by atoms with Gasteiger partial charge in [-0.2, -0.15) is 4.99 Å². The predicted molar refractivity (Wildman–Crippen MR) is 151 cm³/mol. The second-order valence-electron chi connectivity index (χ2n) is 9.37. The molecule has 3 aromatic rings. The molecule has 0 spiro atoms. The molecule has 2 N–H and O–H groups in total. The van der Waals surface area contributed by atoms with Crippen molar-refractivity contribution < 1.29 is 24.2 Å². The van der Waals surface area contributed by atoms with E-state index in [0.717, 1.165) is 28.0 Å². The third-order valence-corrected chi connectivity index (χ3v) is 6.79. The first-order valence-corrected chi connectivity index (χ1v) is 12.8. The number of rotatable bonds is 9. The lowest BCUT2D eigenvalue weighted by atomic mass is 10.0. The highest BCUT2D eigenvalue weighted by molar-refractivity contribution is 5.90. The van der Waals surface area contributed by atoms with E-state index in [2.05, 4.69) is 10.3 Å². The summed E-state index contributed by atoms with van der Waals surface area (Å²) >= 11 is 0. The average molecular weight is 531 g/mol. The number of hydrogen-bond acceptors (Lipinski definition) is 6. The van der Waals surface area contributed by atoms with E-state index in [1.807, 2.05) is 61.5 Å². The van der Waals surface area contributed by atoms with Crippen LogP contribution in [0.3, 0.4) is 0 Å². The van der Waals surface area contributed by atoms with Crippen molar-refractivity contribution in [1.29, 1.82) is 0 Å². The molecular weight excluding hydrogens is 496 g/mol. The van der Waals surface area contributed by atoms with Crippen LogP contribution in [0, 0.1) is 6.92 Å². The van der Waals surface area contributed by atoms with Crippen molar-refractivity contribution in [2.24, 2.45) is 4.99 Å². The van der Waals surface area contributed by atoms with Crippen molar-refractivity contribution in [3.8, 4) is 5.75 Å².